The van der Waals surface area contributed by atoms with E-state index in [1.807, 2.05) is 0 Å². The van der Waals surface area contributed by atoms with E-state index in [0.29, 0.717) is 18.6 Å². The lowest BCUT2D eigenvalue weighted by atomic mass is 9.47. The van der Waals surface area contributed by atoms with Gasteiger partial charge in [-0.2, -0.15) is 0 Å². The third kappa shape index (κ3) is 2.03. The van der Waals surface area contributed by atoms with Gasteiger partial charge < -0.3 is 10.2 Å². The standard InChI is InChI=1S/C19H27FO3/c1-17-7-8-19(20,23)10-11(17)9-14(21)16-12-3-4-15(22)18(12,2)6-5-13(16)17/h9,12-14,16,21,23H,3-8,10H2,1-2H3/t12-,13-,14+,16-,17-,18-,19+/m0/s1. The number of hydrogen-bond acceptors (Lipinski definition) is 3. The van der Waals surface area contributed by atoms with Crippen LogP contribution in [0.3, 0.4) is 0 Å². The summed E-state index contributed by atoms with van der Waals surface area (Å²) >= 11 is 0. The second kappa shape index (κ2) is 4.66. The van der Waals surface area contributed by atoms with Gasteiger partial charge in [0.05, 0.1) is 6.10 Å². The van der Waals surface area contributed by atoms with Gasteiger partial charge >= 0.3 is 0 Å². The average Bonchev–Trinajstić information content (AvgIpc) is 2.77. The van der Waals surface area contributed by atoms with E-state index >= 15 is 0 Å². The molecule has 23 heavy (non-hydrogen) atoms. The zero-order valence-corrected chi connectivity index (χ0v) is 14.0. The Hall–Kier alpha value is -0.740. The second-order valence-electron chi connectivity index (χ2n) is 8.90. The maximum atomic E-state index is 14.1. The number of halogens is 1. The van der Waals surface area contributed by atoms with Crippen molar-refractivity contribution in [3.63, 3.8) is 0 Å². The SMILES string of the molecule is C[C@]12CC[C@](O)(F)CC1=C[C@@H](O)[C@@H]1[C@@H]2CC[C@]2(C)C(=O)CC[C@@H]12. The molecule has 0 aromatic rings. The Kier molecular flexibility index (Phi) is 3.20. The minimum atomic E-state index is -2.13. The maximum absolute atomic E-state index is 14.1. The van der Waals surface area contributed by atoms with E-state index in [4.69, 9.17) is 0 Å². The molecule has 0 aromatic carbocycles. The van der Waals surface area contributed by atoms with E-state index in [1.54, 1.807) is 6.08 Å². The van der Waals surface area contributed by atoms with Gasteiger partial charge in [-0.1, -0.05) is 25.5 Å². The fourth-order valence-electron chi connectivity index (χ4n) is 6.37. The molecule has 3 saturated carbocycles. The summed E-state index contributed by atoms with van der Waals surface area (Å²) in [5, 5.41) is 20.6. The number of aliphatic hydroxyl groups is 2. The van der Waals surface area contributed by atoms with Crippen LogP contribution in [0.25, 0.3) is 0 Å². The molecule has 4 aliphatic carbocycles. The summed E-state index contributed by atoms with van der Waals surface area (Å²) in [6.45, 7) is 4.26. The molecule has 4 heteroatoms. The number of carbonyl (C=O) groups excluding carboxylic acids is 1. The van der Waals surface area contributed by atoms with Gasteiger partial charge in [0.25, 0.3) is 0 Å². The number of rotatable bonds is 0. The largest absolute Gasteiger partial charge is 0.389 e. The van der Waals surface area contributed by atoms with Crippen LogP contribution in [0, 0.1) is 28.6 Å². The Labute approximate surface area is 137 Å². The Morgan fingerprint density at radius 2 is 1.83 bits per heavy atom. The van der Waals surface area contributed by atoms with Gasteiger partial charge in [0.15, 0.2) is 0 Å². The minimum Gasteiger partial charge on any atom is -0.389 e. The van der Waals surface area contributed by atoms with Crippen molar-refractivity contribution >= 4 is 5.78 Å². The molecule has 0 aliphatic heterocycles. The zero-order chi connectivity index (χ0) is 16.6. The highest BCUT2D eigenvalue weighted by atomic mass is 19.2. The Morgan fingerprint density at radius 1 is 1.13 bits per heavy atom. The van der Waals surface area contributed by atoms with Crippen LogP contribution in [-0.2, 0) is 4.79 Å². The minimum absolute atomic E-state index is 0.0185. The normalized spacial score (nSPS) is 55.7. The highest BCUT2D eigenvalue weighted by Crippen LogP contribution is 2.64. The van der Waals surface area contributed by atoms with Gasteiger partial charge in [-0.15, -0.1) is 0 Å². The molecule has 0 spiro atoms. The van der Waals surface area contributed by atoms with Crippen molar-refractivity contribution in [1.82, 2.24) is 0 Å². The van der Waals surface area contributed by atoms with Crippen molar-refractivity contribution in [2.24, 2.45) is 28.6 Å². The summed E-state index contributed by atoms with van der Waals surface area (Å²) in [5.74, 6) is -1.15. The van der Waals surface area contributed by atoms with Crippen LogP contribution in [0.5, 0.6) is 0 Å². The fourth-order valence-corrected chi connectivity index (χ4v) is 6.37. The monoisotopic (exact) mass is 322 g/mol. The van der Waals surface area contributed by atoms with Crippen molar-refractivity contribution in [3.8, 4) is 0 Å². The van der Waals surface area contributed by atoms with E-state index in [9.17, 15) is 19.4 Å². The molecule has 4 aliphatic rings. The molecule has 0 aromatic heterocycles. The molecule has 0 saturated heterocycles. The highest BCUT2D eigenvalue weighted by Gasteiger charge is 2.61. The molecule has 0 radical (unpaired) electrons. The summed E-state index contributed by atoms with van der Waals surface area (Å²) in [4.78, 5) is 12.4. The summed E-state index contributed by atoms with van der Waals surface area (Å²) in [6, 6.07) is 0. The number of ketones is 1. The lowest BCUT2D eigenvalue weighted by molar-refractivity contribution is -0.147. The Bertz CT molecular complexity index is 583. The van der Waals surface area contributed by atoms with Gasteiger partial charge in [-0.3, -0.25) is 4.79 Å². The van der Waals surface area contributed by atoms with Crippen molar-refractivity contribution in [2.45, 2.75) is 70.8 Å². The lowest BCUT2D eigenvalue weighted by Crippen LogP contribution is -2.55. The third-order valence-corrected chi connectivity index (χ3v) is 7.85. The molecule has 2 N–H and O–H groups in total. The summed E-state index contributed by atoms with van der Waals surface area (Å²) < 4.78 is 14.1. The highest BCUT2D eigenvalue weighted by molar-refractivity contribution is 5.87. The summed E-state index contributed by atoms with van der Waals surface area (Å²) in [5.41, 5.74) is 0.463. The van der Waals surface area contributed by atoms with Crippen molar-refractivity contribution < 1.29 is 19.4 Å². The first-order valence-corrected chi connectivity index (χ1v) is 9.01. The molecule has 4 rings (SSSR count). The van der Waals surface area contributed by atoms with Gasteiger partial charge in [0, 0.05) is 24.7 Å². The molecule has 3 fully saturated rings. The number of fused-ring (bicyclic) bond motifs is 5. The molecule has 128 valence electrons. The molecule has 0 unspecified atom stereocenters. The molecule has 7 atom stereocenters. The van der Waals surface area contributed by atoms with E-state index < -0.39 is 12.0 Å². The van der Waals surface area contributed by atoms with E-state index in [-0.39, 0.29) is 41.4 Å². The number of aliphatic hydroxyl groups excluding tert-OH is 1. The first-order chi connectivity index (χ1) is 10.7. The van der Waals surface area contributed by atoms with Gasteiger partial charge in [-0.05, 0) is 48.9 Å². The van der Waals surface area contributed by atoms with Crippen molar-refractivity contribution in [1.29, 1.82) is 0 Å². The first-order valence-electron chi connectivity index (χ1n) is 9.01. The second-order valence-corrected chi connectivity index (χ2v) is 8.90. The van der Waals surface area contributed by atoms with Crippen LogP contribution in [0.4, 0.5) is 4.39 Å². The van der Waals surface area contributed by atoms with Gasteiger partial charge in [0.2, 0.25) is 5.85 Å². The van der Waals surface area contributed by atoms with Crippen molar-refractivity contribution in [2.75, 3.05) is 0 Å². The molecule has 0 amide bonds. The topological polar surface area (TPSA) is 57.5 Å². The van der Waals surface area contributed by atoms with Gasteiger partial charge in [-0.25, -0.2) is 4.39 Å². The predicted octanol–water partition coefficient (Wildman–Crippen LogP) is 3.15. The van der Waals surface area contributed by atoms with Crippen LogP contribution in [0.2, 0.25) is 0 Å². The van der Waals surface area contributed by atoms with Crippen LogP contribution in [-0.4, -0.2) is 28.0 Å². The van der Waals surface area contributed by atoms with Crippen LogP contribution < -0.4 is 0 Å². The van der Waals surface area contributed by atoms with Crippen LogP contribution in [0.15, 0.2) is 11.6 Å². The molecular formula is C19H27FO3. The number of alkyl halides is 1. The number of carbonyl (C=O) groups is 1. The zero-order valence-electron chi connectivity index (χ0n) is 14.0. The Balaban J connectivity index is 1.74. The van der Waals surface area contributed by atoms with E-state index in [0.717, 1.165) is 24.8 Å². The fraction of sp³-hybridized carbons (Fsp3) is 0.842. The quantitative estimate of drug-likeness (QED) is 0.674. The van der Waals surface area contributed by atoms with E-state index in [1.165, 1.54) is 0 Å². The van der Waals surface area contributed by atoms with Crippen LogP contribution in [0.1, 0.15) is 58.8 Å². The number of Topliss-reactive ketones (excluding diaryl/α,β-unsaturated/α-hetero) is 1. The lowest BCUT2D eigenvalue weighted by Gasteiger charge is -2.58. The molecular weight excluding hydrogens is 295 g/mol. The van der Waals surface area contributed by atoms with Gasteiger partial charge in [0.1, 0.15) is 5.78 Å². The number of hydrogen-bond donors (Lipinski definition) is 2. The third-order valence-electron chi connectivity index (χ3n) is 7.85. The average molecular weight is 322 g/mol. The first kappa shape index (κ1) is 15.8. The van der Waals surface area contributed by atoms with Crippen molar-refractivity contribution in [3.05, 3.63) is 11.6 Å². The molecule has 3 nitrogen and oxygen atoms in total. The molecule has 0 heterocycles. The summed E-state index contributed by atoms with van der Waals surface area (Å²) in [6.07, 6.45) is 5.30. The smallest absolute Gasteiger partial charge is 0.210 e. The summed E-state index contributed by atoms with van der Waals surface area (Å²) in [7, 11) is 0. The molecule has 0 bridgehead atoms. The van der Waals surface area contributed by atoms with E-state index in [2.05, 4.69) is 13.8 Å². The Morgan fingerprint density at radius 3 is 2.57 bits per heavy atom. The predicted molar refractivity (Wildman–Crippen MR) is 84.2 cm³/mol. The maximum Gasteiger partial charge on any atom is 0.210 e. The van der Waals surface area contributed by atoms with Crippen LogP contribution >= 0.6 is 0 Å².